The van der Waals surface area contributed by atoms with Gasteiger partial charge in [-0.2, -0.15) is 0 Å². The summed E-state index contributed by atoms with van der Waals surface area (Å²) in [5.74, 6) is -1.66. The highest BCUT2D eigenvalue weighted by Gasteiger charge is 2.23. The van der Waals surface area contributed by atoms with Crippen molar-refractivity contribution in [3.05, 3.63) is 58.9 Å². The van der Waals surface area contributed by atoms with Gasteiger partial charge in [0.2, 0.25) is 0 Å². The van der Waals surface area contributed by atoms with Crippen molar-refractivity contribution in [1.82, 2.24) is 0 Å². The molecule has 2 rings (SSSR count). The molecule has 0 aliphatic heterocycles. The Kier molecular flexibility index (Phi) is 6.55. The van der Waals surface area contributed by atoms with Crippen LogP contribution in [0.25, 0.3) is 0 Å². The van der Waals surface area contributed by atoms with Crippen molar-refractivity contribution in [3.8, 4) is 5.75 Å². The van der Waals surface area contributed by atoms with Crippen LogP contribution in [0.3, 0.4) is 0 Å². The molecule has 0 unspecified atom stereocenters. The lowest BCUT2D eigenvalue weighted by Crippen LogP contribution is -2.31. The highest BCUT2D eigenvalue weighted by molar-refractivity contribution is 5.98. The van der Waals surface area contributed by atoms with Crippen molar-refractivity contribution in [3.63, 3.8) is 0 Å². The summed E-state index contributed by atoms with van der Waals surface area (Å²) in [6.07, 6.45) is -1.08. The molecule has 27 heavy (non-hydrogen) atoms. The molecule has 0 aliphatic rings. The van der Waals surface area contributed by atoms with E-state index in [1.165, 1.54) is 26.2 Å². The quantitative estimate of drug-likeness (QED) is 0.760. The Morgan fingerprint density at radius 1 is 1.11 bits per heavy atom. The zero-order valence-electron chi connectivity index (χ0n) is 16.1. The first-order valence-electron chi connectivity index (χ1n) is 8.69. The largest absolute Gasteiger partial charge is 0.497 e. The lowest BCUT2D eigenvalue weighted by Gasteiger charge is -2.19. The third kappa shape index (κ3) is 4.84. The van der Waals surface area contributed by atoms with Gasteiger partial charge in [-0.1, -0.05) is 32.0 Å². The molecule has 0 saturated carbocycles. The molecular weight excluding hydrogens is 349 g/mol. The predicted molar refractivity (Wildman–Crippen MR) is 102 cm³/mol. The van der Waals surface area contributed by atoms with Gasteiger partial charge in [-0.05, 0) is 43.0 Å². The SMILES string of the molecule is COc1ccc(C(=O)O[C@H](C)C(=O)Nc2c(C)cccc2C(C)C)c(F)c1. The van der Waals surface area contributed by atoms with Gasteiger partial charge in [-0.25, -0.2) is 9.18 Å². The topological polar surface area (TPSA) is 64.6 Å². The number of hydrogen-bond donors (Lipinski definition) is 1. The Labute approximate surface area is 158 Å². The van der Waals surface area contributed by atoms with Crippen molar-refractivity contribution in [2.24, 2.45) is 0 Å². The summed E-state index contributed by atoms with van der Waals surface area (Å²) in [7, 11) is 1.40. The summed E-state index contributed by atoms with van der Waals surface area (Å²) in [4.78, 5) is 24.7. The van der Waals surface area contributed by atoms with Crippen LogP contribution in [0.4, 0.5) is 10.1 Å². The van der Waals surface area contributed by atoms with E-state index in [0.717, 1.165) is 17.2 Å². The second-order valence-corrected chi connectivity index (χ2v) is 6.58. The fourth-order valence-corrected chi connectivity index (χ4v) is 2.63. The van der Waals surface area contributed by atoms with Gasteiger partial charge >= 0.3 is 5.97 Å². The van der Waals surface area contributed by atoms with Crippen LogP contribution in [0.2, 0.25) is 0 Å². The van der Waals surface area contributed by atoms with Crippen LogP contribution in [0.5, 0.6) is 5.75 Å². The Balaban J connectivity index is 2.12. The Bertz CT molecular complexity index is 848. The zero-order valence-corrected chi connectivity index (χ0v) is 16.1. The van der Waals surface area contributed by atoms with Gasteiger partial charge in [0.1, 0.15) is 11.6 Å². The monoisotopic (exact) mass is 373 g/mol. The van der Waals surface area contributed by atoms with E-state index in [4.69, 9.17) is 9.47 Å². The molecule has 5 nitrogen and oxygen atoms in total. The number of hydrogen-bond acceptors (Lipinski definition) is 4. The van der Waals surface area contributed by atoms with Crippen LogP contribution < -0.4 is 10.1 Å². The number of benzene rings is 2. The second kappa shape index (κ2) is 8.66. The van der Waals surface area contributed by atoms with Crippen molar-refractivity contribution < 1.29 is 23.5 Å². The summed E-state index contributed by atoms with van der Waals surface area (Å²) >= 11 is 0. The molecule has 0 aromatic heterocycles. The molecule has 0 radical (unpaired) electrons. The smallest absolute Gasteiger partial charge is 0.341 e. The van der Waals surface area contributed by atoms with E-state index in [1.807, 2.05) is 39.0 Å². The summed E-state index contributed by atoms with van der Waals surface area (Å²) in [6, 6.07) is 9.56. The molecule has 2 aromatic carbocycles. The number of esters is 1. The maximum Gasteiger partial charge on any atom is 0.341 e. The van der Waals surface area contributed by atoms with Crippen molar-refractivity contribution in [1.29, 1.82) is 0 Å². The first-order chi connectivity index (χ1) is 12.7. The zero-order chi connectivity index (χ0) is 20.1. The van der Waals surface area contributed by atoms with Crippen LogP contribution in [-0.2, 0) is 9.53 Å². The van der Waals surface area contributed by atoms with E-state index in [0.29, 0.717) is 5.69 Å². The molecule has 0 bridgehead atoms. The number of amides is 1. The highest BCUT2D eigenvalue weighted by atomic mass is 19.1. The van der Waals surface area contributed by atoms with Crippen LogP contribution in [-0.4, -0.2) is 25.1 Å². The molecule has 1 atom stereocenters. The van der Waals surface area contributed by atoms with Gasteiger partial charge in [0.25, 0.3) is 5.91 Å². The molecule has 0 spiro atoms. The lowest BCUT2D eigenvalue weighted by atomic mass is 9.98. The number of halogens is 1. The number of carbonyl (C=O) groups excluding carboxylic acids is 2. The molecule has 0 fully saturated rings. The highest BCUT2D eigenvalue weighted by Crippen LogP contribution is 2.27. The third-order valence-electron chi connectivity index (χ3n) is 4.22. The van der Waals surface area contributed by atoms with Gasteiger partial charge < -0.3 is 14.8 Å². The Hall–Kier alpha value is -2.89. The Morgan fingerprint density at radius 3 is 2.41 bits per heavy atom. The maximum absolute atomic E-state index is 14.0. The van der Waals surface area contributed by atoms with Crippen LogP contribution in [0, 0.1) is 12.7 Å². The van der Waals surface area contributed by atoms with Crippen molar-refractivity contribution >= 4 is 17.6 Å². The van der Waals surface area contributed by atoms with E-state index in [9.17, 15) is 14.0 Å². The number of nitrogens with one attached hydrogen (secondary N) is 1. The molecular formula is C21H24FNO4. The van der Waals surface area contributed by atoms with E-state index in [2.05, 4.69) is 5.32 Å². The Morgan fingerprint density at radius 2 is 1.81 bits per heavy atom. The number of para-hydroxylation sites is 1. The number of rotatable bonds is 6. The number of methoxy groups -OCH3 is 1. The summed E-state index contributed by atoms with van der Waals surface area (Å²) < 4.78 is 24.0. The van der Waals surface area contributed by atoms with Crippen LogP contribution in [0.1, 0.15) is 48.2 Å². The molecule has 2 aromatic rings. The molecule has 0 aliphatic carbocycles. The minimum absolute atomic E-state index is 0.214. The predicted octanol–water partition coefficient (Wildman–Crippen LogP) is 4.45. The minimum Gasteiger partial charge on any atom is -0.497 e. The fourth-order valence-electron chi connectivity index (χ4n) is 2.63. The van der Waals surface area contributed by atoms with E-state index in [-0.39, 0.29) is 17.2 Å². The van der Waals surface area contributed by atoms with Gasteiger partial charge in [0.05, 0.1) is 12.7 Å². The van der Waals surface area contributed by atoms with E-state index < -0.39 is 23.8 Å². The lowest BCUT2D eigenvalue weighted by molar-refractivity contribution is -0.123. The van der Waals surface area contributed by atoms with Gasteiger partial charge in [0, 0.05) is 11.8 Å². The fraction of sp³-hybridized carbons (Fsp3) is 0.333. The van der Waals surface area contributed by atoms with E-state index in [1.54, 1.807) is 0 Å². The molecule has 1 amide bonds. The van der Waals surface area contributed by atoms with Crippen molar-refractivity contribution in [2.45, 2.75) is 39.7 Å². The minimum atomic E-state index is -1.08. The number of aryl methyl sites for hydroxylation is 1. The average molecular weight is 373 g/mol. The normalized spacial score (nSPS) is 11.8. The molecule has 0 saturated heterocycles. The second-order valence-electron chi connectivity index (χ2n) is 6.58. The first kappa shape index (κ1) is 20.4. The maximum atomic E-state index is 14.0. The third-order valence-corrected chi connectivity index (χ3v) is 4.22. The number of carbonyl (C=O) groups is 2. The van der Waals surface area contributed by atoms with Crippen molar-refractivity contribution in [2.75, 3.05) is 12.4 Å². The van der Waals surface area contributed by atoms with Crippen LogP contribution in [0.15, 0.2) is 36.4 Å². The van der Waals surface area contributed by atoms with E-state index >= 15 is 0 Å². The van der Waals surface area contributed by atoms with Crippen LogP contribution >= 0.6 is 0 Å². The summed E-state index contributed by atoms with van der Waals surface area (Å²) in [5, 5.41) is 2.82. The summed E-state index contributed by atoms with van der Waals surface area (Å²) in [5.41, 5.74) is 2.35. The number of anilines is 1. The molecule has 0 heterocycles. The van der Waals surface area contributed by atoms with Gasteiger partial charge in [0.15, 0.2) is 6.10 Å². The molecule has 6 heteroatoms. The van der Waals surface area contributed by atoms with Gasteiger partial charge in [-0.3, -0.25) is 4.79 Å². The standard InChI is InChI=1S/C21H24FNO4/c1-12(2)16-8-6-7-13(3)19(16)23-20(24)14(4)27-21(25)17-10-9-15(26-5)11-18(17)22/h6-12,14H,1-5H3,(H,23,24)/t14-/m1/s1. The summed E-state index contributed by atoms with van der Waals surface area (Å²) in [6.45, 7) is 7.40. The van der Waals surface area contributed by atoms with Gasteiger partial charge in [-0.15, -0.1) is 0 Å². The average Bonchev–Trinajstić information content (AvgIpc) is 2.62. The molecule has 144 valence electrons. The molecule has 1 N–H and O–H groups in total. The number of ether oxygens (including phenoxy) is 2. The first-order valence-corrected chi connectivity index (χ1v) is 8.69.